The predicted molar refractivity (Wildman–Crippen MR) is 78.8 cm³/mol. The maximum Gasteiger partial charge on any atom is 0.263 e. The Bertz CT molecular complexity index is 712. The zero-order valence-corrected chi connectivity index (χ0v) is 12.0. The minimum Gasteiger partial charge on any atom is -0.308 e. The van der Waals surface area contributed by atoms with Gasteiger partial charge in [-0.2, -0.15) is 0 Å². The lowest BCUT2D eigenvalue weighted by molar-refractivity contribution is 0.601. The molecule has 1 heterocycles. The van der Waals surface area contributed by atoms with Gasteiger partial charge in [-0.25, -0.2) is 19.2 Å². The third kappa shape index (κ3) is 3.06. The molecule has 106 valence electrons. The fourth-order valence-electron chi connectivity index (χ4n) is 1.76. The van der Waals surface area contributed by atoms with Crippen molar-refractivity contribution in [2.45, 2.75) is 18.7 Å². The number of nitrogens with zero attached hydrogens (tertiary/aromatic N) is 1. The van der Waals surface area contributed by atoms with E-state index in [2.05, 4.69) is 15.1 Å². The molecule has 0 spiro atoms. The lowest BCUT2D eigenvalue weighted by Gasteiger charge is -2.11. The Morgan fingerprint density at radius 1 is 1.15 bits per heavy atom. The van der Waals surface area contributed by atoms with Gasteiger partial charge in [0.1, 0.15) is 10.7 Å². The van der Waals surface area contributed by atoms with Gasteiger partial charge in [0.15, 0.2) is 0 Å². The van der Waals surface area contributed by atoms with Gasteiger partial charge >= 0.3 is 0 Å². The molecule has 6 nitrogen and oxygen atoms in total. The number of anilines is 2. The second-order valence-corrected chi connectivity index (χ2v) is 6.13. The van der Waals surface area contributed by atoms with Crippen LogP contribution in [0.25, 0.3) is 0 Å². The van der Waals surface area contributed by atoms with Gasteiger partial charge in [-0.3, -0.25) is 4.72 Å². The molecule has 0 radical (unpaired) electrons. The van der Waals surface area contributed by atoms with Gasteiger partial charge in [0, 0.05) is 6.20 Å². The molecular weight excluding hydrogens is 276 g/mol. The molecular formula is C13H16N4O2S. The summed E-state index contributed by atoms with van der Waals surface area (Å²) in [6.45, 7) is 3.80. The quantitative estimate of drug-likeness (QED) is 0.589. The van der Waals surface area contributed by atoms with Gasteiger partial charge in [0.2, 0.25) is 0 Å². The van der Waals surface area contributed by atoms with Gasteiger partial charge in [-0.1, -0.05) is 17.7 Å². The van der Waals surface area contributed by atoms with E-state index in [0.717, 1.165) is 11.1 Å². The average Bonchev–Trinajstić information content (AvgIpc) is 2.42. The minimum atomic E-state index is -3.65. The number of nitrogens with one attached hydrogen (secondary N) is 2. The maximum absolute atomic E-state index is 12.2. The Morgan fingerprint density at radius 2 is 1.90 bits per heavy atom. The highest BCUT2D eigenvalue weighted by molar-refractivity contribution is 7.92. The first kappa shape index (κ1) is 14.3. The van der Waals surface area contributed by atoms with Crippen molar-refractivity contribution in [2.24, 2.45) is 5.84 Å². The van der Waals surface area contributed by atoms with Crippen LogP contribution in [-0.2, 0) is 10.0 Å². The van der Waals surface area contributed by atoms with Gasteiger partial charge in [-0.15, -0.1) is 0 Å². The summed E-state index contributed by atoms with van der Waals surface area (Å²) in [4.78, 5) is 3.97. The van der Waals surface area contributed by atoms with Crippen molar-refractivity contribution in [1.29, 1.82) is 0 Å². The summed E-state index contributed by atoms with van der Waals surface area (Å²) in [5, 5.41) is 0. The number of nitrogen functional groups attached to an aromatic ring is 1. The van der Waals surface area contributed by atoms with Crippen molar-refractivity contribution >= 4 is 21.5 Å². The summed E-state index contributed by atoms with van der Waals surface area (Å²) < 4.78 is 27.0. The molecule has 0 saturated heterocycles. The van der Waals surface area contributed by atoms with Crippen LogP contribution < -0.4 is 16.0 Å². The molecule has 0 amide bonds. The molecule has 0 fully saturated rings. The number of aryl methyl sites for hydroxylation is 2. The van der Waals surface area contributed by atoms with Crippen LogP contribution in [0.1, 0.15) is 11.1 Å². The van der Waals surface area contributed by atoms with E-state index in [1.165, 1.54) is 18.3 Å². The van der Waals surface area contributed by atoms with E-state index in [0.29, 0.717) is 11.5 Å². The fourth-order valence-corrected chi connectivity index (χ4v) is 2.83. The number of sulfonamides is 1. The topological polar surface area (TPSA) is 97.1 Å². The number of benzene rings is 1. The minimum absolute atomic E-state index is 0.0801. The van der Waals surface area contributed by atoms with E-state index in [9.17, 15) is 8.42 Å². The van der Waals surface area contributed by atoms with Crippen molar-refractivity contribution in [1.82, 2.24) is 4.98 Å². The molecule has 4 N–H and O–H groups in total. The average molecular weight is 292 g/mol. The van der Waals surface area contributed by atoms with E-state index in [1.807, 2.05) is 26.0 Å². The molecule has 20 heavy (non-hydrogen) atoms. The van der Waals surface area contributed by atoms with Crippen molar-refractivity contribution in [3.63, 3.8) is 0 Å². The number of pyridine rings is 1. The normalized spacial score (nSPS) is 11.2. The number of hydrogen-bond acceptors (Lipinski definition) is 5. The molecule has 0 bridgehead atoms. The summed E-state index contributed by atoms with van der Waals surface area (Å²) >= 11 is 0. The predicted octanol–water partition coefficient (Wildman–Crippen LogP) is 1.78. The SMILES string of the molecule is Cc1ccc(NS(=O)(=O)c2ccc(NN)nc2)c(C)c1. The Balaban J connectivity index is 2.30. The smallest absolute Gasteiger partial charge is 0.263 e. The van der Waals surface area contributed by atoms with E-state index >= 15 is 0 Å². The van der Waals surface area contributed by atoms with Crippen LogP contribution >= 0.6 is 0 Å². The molecule has 1 aromatic heterocycles. The van der Waals surface area contributed by atoms with Crippen LogP contribution in [0.3, 0.4) is 0 Å². The standard InChI is InChI=1S/C13H16N4O2S/c1-9-3-5-12(10(2)7-9)17-20(18,19)11-4-6-13(16-14)15-8-11/h3-8,17H,14H2,1-2H3,(H,15,16). The molecule has 7 heteroatoms. The molecule has 2 aromatic rings. The first-order chi connectivity index (χ1) is 9.42. The van der Waals surface area contributed by atoms with Crippen molar-refractivity contribution in [3.8, 4) is 0 Å². The zero-order valence-electron chi connectivity index (χ0n) is 11.2. The molecule has 0 atom stereocenters. The lowest BCUT2D eigenvalue weighted by Crippen LogP contribution is -2.15. The molecule has 0 aliphatic rings. The van der Waals surface area contributed by atoms with E-state index < -0.39 is 10.0 Å². The number of rotatable bonds is 4. The molecule has 0 aliphatic carbocycles. The zero-order chi connectivity index (χ0) is 14.8. The Kier molecular flexibility index (Phi) is 3.91. The van der Waals surface area contributed by atoms with Crippen LogP contribution in [0.4, 0.5) is 11.5 Å². The number of nitrogens with two attached hydrogens (primary N) is 1. The van der Waals surface area contributed by atoms with Gasteiger partial charge in [-0.05, 0) is 37.6 Å². The van der Waals surface area contributed by atoms with Gasteiger partial charge in [0.05, 0.1) is 5.69 Å². The first-order valence-corrected chi connectivity index (χ1v) is 7.43. The first-order valence-electron chi connectivity index (χ1n) is 5.95. The van der Waals surface area contributed by atoms with Crippen molar-refractivity contribution in [3.05, 3.63) is 47.7 Å². The molecule has 2 rings (SSSR count). The lowest BCUT2D eigenvalue weighted by atomic mass is 10.1. The maximum atomic E-state index is 12.2. The molecule has 0 aliphatic heterocycles. The van der Waals surface area contributed by atoms with Crippen LogP contribution in [-0.4, -0.2) is 13.4 Å². The third-order valence-corrected chi connectivity index (χ3v) is 4.17. The molecule has 0 saturated carbocycles. The van der Waals surface area contributed by atoms with E-state index in [4.69, 9.17) is 5.84 Å². The summed E-state index contributed by atoms with van der Waals surface area (Å²) in [7, 11) is -3.65. The summed E-state index contributed by atoms with van der Waals surface area (Å²) in [6, 6.07) is 8.44. The van der Waals surface area contributed by atoms with Crippen LogP contribution in [0, 0.1) is 13.8 Å². The van der Waals surface area contributed by atoms with Gasteiger partial charge < -0.3 is 5.43 Å². The highest BCUT2D eigenvalue weighted by Gasteiger charge is 2.15. The second kappa shape index (κ2) is 5.48. The summed E-state index contributed by atoms with van der Waals surface area (Å²) in [6.07, 6.45) is 1.25. The van der Waals surface area contributed by atoms with Crippen molar-refractivity contribution < 1.29 is 8.42 Å². The third-order valence-electron chi connectivity index (χ3n) is 2.82. The number of aromatic nitrogens is 1. The van der Waals surface area contributed by atoms with E-state index in [1.54, 1.807) is 6.07 Å². The van der Waals surface area contributed by atoms with Gasteiger partial charge in [0.25, 0.3) is 10.0 Å². The van der Waals surface area contributed by atoms with Crippen LogP contribution in [0.5, 0.6) is 0 Å². The highest BCUT2D eigenvalue weighted by Crippen LogP contribution is 2.20. The van der Waals surface area contributed by atoms with E-state index in [-0.39, 0.29) is 4.90 Å². The largest absolute Gasteiger partial charge is 0.308 e. The Morgan fingerprint density at radius 3 is 2.45 bits per heavy atom. The second-order valence-electron chi connectivity index (χ2n) is 4.45. The van der Waals surface area contributed by atoms with Crippen molar-refractivity contribution in [2.75, 3.05) is 10.1 Å². The number of hydrazine groups is 1. The monoisotopic (exact) mass is 292 g/mol. The Hall–Kier alpha value is -2.12. The Labute approximate surface area is 118 Å². The fraction of sp³-hybridized carbons (Fsp3) is 0.154. The molecule has 1 aromatic carbocycles. The summed E-state index contributed by atoms with van der Waals surface area (Å²) in [5.41, 5.74) is 4.83. The van der Waals surface area contributed by atoms with Crippen LogP contribution in [0.2, 0.25) is 0 Å². The van der Waals surface area contributed by atoms with Crippen LogP contribution in [0.15, 0.2) is 41.4 Å². The highest BCUT2D eigenvalue weighted by atomic mass is 32.2. The number of hydrogen-bond donors (Lipinski definition) is 3. The summed E-state index contributed by atoms with van der Waals surface area (Å²) in [5.74, 6) is 5.59. The molecule has 0 unspecified atom stereocenters.